The predicted octanol–water partition coefficient (Wildman–Crippen LogP) is -1.40. The Kier molecular flexibility index (Phi) is 2.18. The first-order valence-corrected chi connectivity index (χ1v) is 3.40. The Morgan fingerprint density at radius 2 is 1.85 bits per heavy atom. The molecule has 1 rings (SSSR count). The third kappa shape index (κ3) is 1.75. The van der Waals surface area contributed by atoms with Crippen LogP contribution in [-0.4, -0.2) is 16.1 Å². The zero-order chi connectivity index (χ0) is 10.0. The first-order valence-electron chi connectivity index (χ1n) is 3.40. The van der Waals surface area contributed by atoms with Crippen LogP contribution in [0.25, 0.3) is 0 Å². The highest BCUT2D eigenvalue weighted by atomic mass is 16.2. The van der Waals surface area contributed by atoms with Crippen LogP contribution in [0, 0.1) is 0 Å². The Balaban J connectivity index is 3.34. The van der Waals surface area contributed by atoms with E-state index < -0.39 is 17.0 Å². The molecule has 0 atom stereocenters. The van der Waals surface area contributed by atoms with Crippen LogP contribution < -0.4 is 22.2 Å². The normalized spacial score (nSPS) is 9.62. The van der Waals surface area contributed by atoms with Crippen molar-refractivity contribution in [2.45, 2.75) is 6.92 Å². The van der Waals surface area contributed by atoms with Gasteiger partial charge in [0.1, 0.15) is 11.4 Å². The number of aromatic amines is 2. The number of nitrogen functional groups attached to an aromatic ring is 1. The van der Waals surface area contributed by atoms with Crippen LogP contribution in [0.1, 0.15) is 6.92 Å². The summed E-state index contributed by atoms with van der Waals surface area (Å²) >= 11 is 0. The molecule has 0 saturated heterocycles. The fourth-order valence-corrected chi connectivity index (χ4v) is 0.779. The molecule has 0 aliphatic carbocycles. The smallest absolute Gasteiger partial charge is 0.288 e. The molecule has 0 saturated carbocycles. The average Bonchev–Trinajstić information content (AvgIpc) is 2.05. The molecule has 7 nitrogen and oxygen atoms in total. The number of hydrogen-bond donors (Lipinski definition) is 4. The molecule has 7 heteroatoms. The minimum atomic E-state index is -0.650. The number of amides is 1. The van der Waals surface area contributed by atoms with E-state index in [-0.39, 0.29) is 11.4 Å². The third-order valence-electron chi connectivity index (χ3n) is 1.33. The van der Waals surface area contributed by atoms with E-state index in [1.807, 2.05) is 10.2 Å². The van der Waals surface area contributed by atoms with Gasteiger partial charge in [0.2, 0.25) is 5.91 Å². The van der Waals surface area contributed by atoms with Gasteiger partial charge in [0.15, 0.2) is 0 Å². The van der Waals surface area contributed by atoms with E-state index in [4.69, 9.17) is 5.73 Å². The Hall–Kier alpha value is -2.05. The minimum Gasteiger partial charge on any atom is -0.392 e. The topological polar surface area (TPSA) is 121 Å². The van der Waals surface area contributed by atoms with Crippen molar-refractivity contribution in [3.8, 4) is 0 Å². The van der Waals surface area contributed by atoms with E-state index in [1.165, 1.54) is 6.92 Å². The highest BCUT2D eigenvalue weighted by molar-refractivity contribution is 5.91. The number of hydrogen-bond acceptors (Lipinski definition) is 4. The Morgan fingerprint density at radius 3 is 2.38 bits per heavy atom. The molecular formula is C6H8N4O3. The van der Waals surface area contributed by atoms with Gasteiger partial charge < -0.3 is 11.1 Å². The molecule has 0 aromatic carbocycles. The SMILES string of the molecule is CC(=O)Nc1c(N)c(=O)[nH][nH]c1=O. The minimum absolute atomic E-state index is 0.226. The molecule has 0 aliphatic rings. The molecule has 13 heavy (non-hydrogen) atoms. The molecule has 0 unspecified atom stereocenters. The second-order valence-electron chi connectivity index (χ2n) is 2.38. The molecule has 0 fully saturated rings. The van der Waals surface area contributed by atoms with Crippen molar-refractivity contribution in [2.24, 2.45) is 0 Å². The summed E-state index contributed by atoms with van der Waals surface area (Å²) in [6.07, 6.45) is 0. The zero-order valence-corrected chi connectivity index (χ0v) is 6.80. The van der Waals surface area contributed by atoms with Crippen LogP contribution in [-0.2, 0) is 4.79 Å². The van der Waals surface area contributed by atoms with Gasteiger partial charge in [-0.2, -0.15) is 0 Å². The number of carbonyl (C=O) groups is 1. The van der Waals surface area contributed by atoms with Gasteiger partial charge in [0.05, 0.1) is 0 Å². The van der Waals surface area contributed by atoms with Gasteiger partial charge in [-0.1, -0.05) is 0 Å². The van der Waals surface area contributed by atoms with Crippen molar-refractivity contribution in [1.82, 2.24) is 10.2 Å². The fraction of sp³-hybridized carbons (Fsp3) is 0.167. The highest BCUT2D eigenvalue weighted by Crippen LogP contribution is 2.03. The van der Waals surface area contributed by atoms with Crippen molar-refractivity contribution in [2.75, 3.05) is 11.1 Å². The van der Waals surface area contributed by atoms with E-state index in [2.05, 4.69) is 5.32 Å². The van der Waals surface area contributed by atoms with Gasteiger partial charge in [-0.05, 0) is 0 Å². The molecule has 0 aliphatic heterocycles. The first-order chi connectivity index (χ1) is 6.02. The molecular weight excluding hydrogens is 176 g/mol. The van der Waals surface area contributed by atoms with Gasteiger partial charge in [-0.25, -0.2) is 0 Å². The summed E-state index contributed by atoms with van der Waals surface area (Å²) in [5, 5.41) is 6.19. The maximum atomic E-state index is 11.0. The molecule has 0 bridgehead atoms. The number of rotatable bonds is 1. The zero-order valence-electron chi connectivity index (χ0n) is 6.80. The molecule has 1 aromatic heterocycles. The summed E-state index contributed by atoms with van der Waals surface area (Å²) in [5.41, 5.74) is 3.43. The van der Waals surface area contributed by atoms with Gasteiger partial charge in [0.25, 0.3) is 11.1 Å². The van der Waals surface area contributed by atoms with Gasteiger partial charge in [-0.15, -0.1) is 0 Å². The average molecular weight is 184 g/mol. The number of anilines is 2. The quantitative estimate of drug-likeness (QED) is 0.429. The van der Waals surface area contributed by atoms with E-state index in [1.54, 1.807) is 0 Å². The van der Waals surface area contributed by atoms with Crippen LogP contribution in [0.15, 0.2) is 9.59 Å². The van der Waals surface area contributed by atoms with Crippen molar-refractivity contribution < 1.29 is 4.79 Å². The van der Waals surface area contributed by atoms with Crippen molar-refractivity contribution in [1.29, 1.82) is 0 Å². The van der Waals surface area contributed by atoms with Crippen LogP contribution >= 0.6 is 0 Å². The van der Waals surface area contributed by atoms with Crippen molar-refractivity contribution in [3.05, 3.63) is 20.7 Å². The number of H-pyrrole nitrogens is 2. The number of nitrogens with one attached hydrogen (secondary N) is 3. The van der Waals surface area contributed by atoms with Gasteiger partial charge in [-0.3, -0.25) is 24.6 Å². The highest BCUT2D eigenvalue weighted by Gasteiger charge is 2.08. The third-order valence-corrected chi connectivity index (χ3v) is 1.33. The second kappa shape index (κ2) is 3.13. The molecule has 0 spiro atoms. The van der Waals surface area contributed by atoms with Crippen LogP contribution in [0.3, 0.4) is 0 Å². The molecule has 1 aromatic rings. The fourth-order valence-electron chi connectivity index (χ4n) is 0.779. The summed E-state index contributed by atoms with van der Waals surface area (Å²) < 4.78 is 0. The first kappa shape index (κ1) is 9.04. The van der Waals surface area contributed by atoms with Crippen molar-refractivity contribution in [3.63, 3.8) is 0 Å². The molecule has 70 valence electrons. The molecule has 5 N–H and O–H groups in total. The molecule has 1 heterocycles. The maximum Gasteiger partial charge on any atom is 0.288 e. The predicted molar refractivity (Wildman–Crippen MR) is 46.4 cm³/mol. The van der Waals surface area contributed by atoms with Crippen LogP contribution in [0.4, 0.5) is 11.4 Å². The number of nitrogens with two attached hydrogens (primary N) is 1. The lowest BCUT2D eigenvalue weighted by atomic mass is 10.4. The summed E-state index contributed by atoms with van der Waals surface area (Å²) in [6.45, 7) is 1.21. The van der Waals surface area contributed by atoms with E-state index in [0.717, 1.165) is 0 Å². The standard InChI is InChI=1S/C6H8N4O3/c1-2(11)8-4-3(7)5(12)9-10-6(4)13/h1H3,(H3,7,10,13)(H2,8,9,11,12). The Labute approximate surface area is 71.9 Å². The summed E-state index contributed by atoms with van der Waals surface area (Å²) in [6, 6.07) is 0. The molecule has 0 radical (unpaired) electrons. The van der Waals surface area contributed by atoms with Crippen LogP contribution in [0.2, 0.25) is 0 Å². The van der Waals surface area contributed by atoms with Crippen molar-refractivity contribution >= 4 is 17.3 Å². The number of carbonyl (C=O) groups excluding carboxylic acids is 1. The summed E-state index contributed by atoms with van der Waals surface area (Å²) in [4.78, 5) is 32.5. The largest absolute Gasteiger partial charge is 0.392 e. The summed E-state index contributed by atoms with van der Waals surface area (Å²) in [7, 11) is 0. The van der Waals surface area contributed by atoms with Gasteiger partial charge >= 0.3 is 0 Å². The lowest BCUT2D eigenvalue weighted by Crippen LogP contribution is -2.27. The monoisotopic (exact) mass is 184 g/mol. The Morgan fingerprint density at radius 1 is 1.31 bits per heavy atom. The van der Waals surface area contributed by atoms with E-state index in [0.29, 0.717) is 0 Å². The van der Waals surface area contributed by atoms with E-state index >= 15 is 0 Å². The second-order valence-corrected chi connectivity index (χ2v) is 2.38. The lowest BCUT2D eigenvalue weighted by molar-refractivity contribution is -0.114. The lowest BCUT2D eigenvalue weighted by Gasteiger charge is -2.01. The van der Waals surface area contributed by atoms with E-state index in [9.17, 15) is 14.4 Å². The van der Waals surface area contributed by atoms with Crippen LogP contribution in [0.5, 0.6) is 0 Å². The molecule has 1 amide bonds. The summed E-state index contributed by atoms with van der Waals surface area (Å²) in [5.74, 6) is -0.470. The Bertz CT molecular complexity index is 444. The number of aromatic nitrogens is 2. The maximum absolute atomic E-state index is 11.0. The van der Waals surface area contributed by atoms with Gasteiger partial charge in [0, 0.05) is 6.92 Å².